The van der Waals surface area contributed by atoms with E-state index in [2.05, 4.69) is 258 Å². The van der Waals surface area contributed by atoms with E-state index >= 15 is 0 Å². The van der Waals surface area contributed by atoms with E-state index in [9.17, 15) is 0 Å². The van der Waals surface area contributed by atoms with Crippen molar-refractivity contribution in [2.24, 2.45) is 0 Å². The van der Waals surface area contributed by atoms with E-state index < -0.39 is 10.0 Å². The Morgan fingerprint density at radius 1 is 0.507 bits per heavy atom. The summed E-state index contributed by atoms with van der Waals surface area (Å²) in [7, 11) is -0.940. The highest BCUT2D eigenvalue weighted by atomic mass is 32.3. The lowest BCUT2D eigenvalue weighted by Crippen LogP contribution is -2.61. The first-order valence-electron chi connectivity index (χ1n) is 27.1. The van der Waals surface area contributed by atoms with Gasteiger partial charge in [-0.05, 0) is 188 Å². The van der Waals surface area contributed by atoms with Gasteiger partial charge in [-0.2, -0.15) is 0 Å². The second kappa shape index (κ2) is 16.5. The Labute approximate surface area is 441 Å². The van der Waals surface area contributed by atoms with Gasteiger partial charge in [-0.25, -0.2) is 10.0 Å². The van der Waals surface area contributed by atoms with Crippen molar-refractivity contribution in [3.63, 3.8) is 0 Å². The molecule has 0 saturated carbocycles. The molecule has 1 aromatic heterocycles. The normalized spacial score (nSPS) is 18.3. The molecular weight excluding hydrogens is 906 g/mol. The minimum atomic E-state index is -0.940. The third-order valence-electron chi connectivity index (χ3n) is 17.5. The van der Waals surface area contributed by atoms with Crippen LogP contribution in [0, 0.1) is 0 Å². The second-order valence-electron chi connectivity index (χ2n) is 27.6. The van der Waals surface area contributed by atoms with Crippen molar-refractivity contribution < 1.29 is 4.42 Å². The summed E-state index contributed by atoms with van der Waals surface area (Å²) in [5, 5.41) is 0. The third-order valence-corrected chi connectivity index (χ3v) is 19.2. The van der Waals surface area contributed by atoms with Gasteiger partial charge in [0.15, 0.2) is 0 Å². The predicted octanol–water partition coefficient (Wildman–Crippen LogP) is 17.2. The molecule has 0 amide bonds. The summed E-state index contributed by atoms with van der Waals surface area (Å²) in [4.78, 5) is 9.20. The molecular formula is C67H80BN3OS. The minimum absolute atomic E-state index is 0.0178. The van der Waals surface area contributed by atoms with Crippen LogP contribution in [-0.2, 0) is 32.5 Å². The minimum Gasteiger partial charge on any atom is -0.472 e. The largest absolute Gasteiger partial charge is 0.472 e. The average molecular weight is 986 g/mol. The van der Waals surface area contributed by atoms with E-state index in [0.29, 0.717) is 0 Å². The summed E-state index contributed by atoms with van der Waals surface area (Å²) in [6.07, 6.45) is 11.6. The maximum atomic E-state index is 7.81. The van der Waals surface area contributed by atoms with Crippen LogP contribution in [-0.4, -0.2) is 25.5 Å². The number of anilines is 9. The van der Waals surface area contributed by atoms with Gasteiger partial charge in [-0.1, -0.05) is 145 Å². The molecule has 73 heavy (non-hydrogen) atoms. The standard InChI is InChI=1S/C67H80BN3OS/c1-62(2,3)43-22-21-25-47(38-43)70-54-39-44(63(4,5)6)26-33-53(54)68-58-55(70)41-49(69(45-23-19-18-20-24-45)46-27-30-50(31-28-46)73(15,16)17)42-56(58)71(48-29-32-51-52(40-48)65(9,10)35-34-64(51,7)8)59-57-60(72-61(59)68)67(13,14)37-36-66(57,11)12/h18-33,38-42H,34-37H2,1-17H3. The van der Waals surface area contributed by atoms with Crippen LogP contribution < -0.4 is 31.3 Å². The molecule has 6 aromatic carbocycles. The van der Waals surface area contributed by atoms with Gasteiger partial charge < -0.3 is 19.1 Å². The van der Waals surface area contributed by atoms with Gasteiger partial charge in [0, 0.05) is 50.8 Å². The Morgan fingerprint density at radius 3 is 1.73 bits per heavy atom. The molecule has 4 aliphatic rings. The van der Waals surface area contributed by atoms with Crippen molar-refractivity contribution in [1.82, 2.24) is 0 Å². The Kier molecular flexibility index (Phi) is 11.2. The molecule has 0 bridgehead atoms. The maximum Gasteiger partial charge on any atom is 0.297 e. The summed E-state index contributed by atoms with van der Waals surface area (Å²) in [6.45, 7) is 33.5. The van der Waals surface area contributed by atoms with E-state index in [1.165, 1.54) is 78.5 Å². The summed E-state index contributed by atoms with van der Waals surface area (Å²) in [5.74, 6) is 1.15. The van der Waals surface area contributed by atoms with Gasteiger partial charge >= 0.3 is 0 Å². The summed E-state index contributed by atoms with van der Waals surface area (Å²) >= 11 is 0. The SMILES string of the molecule is CC(C)(C)c1cccc(N2c3cc(C(C)(C)C)ccc3B3c4oc5c(c4N(c4ccc6c(c4)C(C)(C)CCC6(C)C)c4cc(N(c6ccccc6)c6ccc(S(C)(C)C)cc6)cc2c43)C(C)(C)CCC5(C)C)c1. The predicted molar refractivity (Wildman–Crippen MR) is 319 cm³/mol. The quantitative estimate of drug-likeness (QED) is 0.155. The molecule has 11 rings (SSSR count). The fraction of sp³-hybridized carbons (Fsp3) is 0.403. The molecule has 0 saturated heterocycles. The van der Waals surface area contributed by atoms with Crippen molar-refractivity contribution in [2.45, 2.75) is 160 Å². The summed E-state index contributed by atoms with van der Waals surface area (Å²) in [5.41, 5.74) is 20.8. The van der Waals surface area contributed by atoms with Crippen molar-refractivity contribution in [3.8, 4) is 0 Å². The van der Waals surface area contributed by atoms with Crippen molar-refractivity contribution in [2.75, 3.05) is 33.5 Å². The molecule has 2 aliphatic heterocycles. The van der Waals surface area contributed by atoms with E-state index in [4.69, 9.17) is 4.42 Å². The van der Waals surface area contributed by atoms with E-state index in [-0.39, 0.29) is 39.2 Å². The number of rotatable bonds is 6. The molecule has 6 heteroatoms. The van der Waals surface area contributed by atoms with Gasteiger partial charge in [0.25, 0.3) is 6.71 Å². The lowest BCUT2D eigenvalue weighted by molar-refractivity contribution is 0.282. The topological polar surface area (TPSA) is 22.9 Å². The molecule has 0 unspecified atom stereocenters. The Bertz CT molecular complexity index is 3320. The number of hydrogen-bond donors (Lipinski definition) is 0. The van der Waals surface area contributed by atoms with Crippen LogP contribution in [0.2, 0.25) is 0 Å². The van der Waals surface area contributed by atoms with Crippen LogP contribution >= 0.6 is 10.0 Å². The number of para-hydroxylation sites is 1. The highest BCUT2D eigenvalue weighted by Crippen LogP contribution is 2.57. The monoisotopic (exact) mass is 986 g/mol. The number of benzene rings is 6. The van der Waals surface area contributed by atoms with Gasteiger partial charge in [-0.3, -0.25) is 0 Å². The van der Waals surface area contributed by atoms with Gasteiger partial charge in [-0.15, -0.1) is 0 Å². The highest BCUT2D eigenvalue weighted by Gasteiger charge is 2.53. The molecule has 2 aliphatic carbocycles. The van der Waals surface area contributed by atoms with E-state index in [0.717, 1.165) is 53.4 Å². The zero-order valence-corrected chi connectivity index (χ0v) is 48.0. The van der Waals surface area contributed by atoms with Crippen molar-refractivity contribution >= 4 is 84.5 Å². The summed E-state index contributed by atoms with van der Waals surface area (Å²) in [6, 6.07) is 49.8. The van der Waals surface area contributed by atoms with Crippen molar-refractivity contribution in [1.29, 1.82) is 0 Å². The third kappa shape index (κ3) is 8.10. The Balaban J connectivity index is 1.31. The van der Waals surface area contributed by atoms with Crippen LogP contribution in [0.15, 0.2) is 137 Å². The number of hydrogen-bond acceptors (Lipinski definition) is 4. The number of furan rings is 1. The lowest BCUT2D eigenvalue weighted by Gasteiger charge is -2.46. The number of nitrogens with zero attached hydrogens (tertiary/aromatic N) is 3. The molecule has 0 fully saturated rings. The van der Waals surface area contributed by atoms with Crippen LogP contribution in [0.3, 0.4) is 0 Å². The van der Waals surface area contributed by atoms with E-state index in [1.807, 2.05) is 0 Å². The molecule has 3 heterocycles. The van der Waals surface area contributed by atoms with Crippen molar-refractivity contribution in [3.05, 3.63) is 161 Å². The fourth-order valence-corrected chi connectivity index (χ4v) is 13.7. The zero-order chi connectivity index (χ0) is 52.2. The molecule has 7 aromatic rings. The molecule has 0 N–H and O–H groups in total. The van der Waals surface area contributed by atoms with Gasteiger partial charge in [0.2, 0.25) is 0 Å². The van der Waals surface area contributed by atoms with Gasteiger partial charge in [0.05, 0.1) is 17.0 Å². The van der Waals surface area contributed by atoms with Crippen LogP contribution in [0.1, 0.15) is 156 Å². The van der Waals surface area contributed by atoms with Crippen LogP contribution in [0.4, 0.5) is 51.2 Å². The average Bonchev–Trinajstić information content (AvgIpc) is 3.75. The molecule has 378 valence electrons. The Morgan fingerprint density at radius 2 is 1.08 bits per heavy atom. The van der Waals surface area contributed by atoms with Crippen LogP contribution in [0.25, 0.3) is 0 Å². The van der Waals surface area contributed by atoms with Crippen LogP contribution in [0.5, 0.6) is 0 Å². The second-order valence-corrected chi connectivity index (χ2v) is 31.8. The molecule has 0 spiro atoms. The fourth-order valence-electron chi connectivity index (χ4n) is 12.8. The number of fused-ring (bicyclic) bond motifs is 7. The highest BCUT2D eigenvalue weighted by molar-refractivity contribution is 8.32. The Hall–Kier alpha value is -5.59. The first-order chi connectivity index (χ1) is 34.1. The zero-order valence-electron chi connectivity index (χ0n) is 47.2. The summed E-state index contributed by atoms with van der Waals surface area (Å²) < 4.78 is 7.81. The first kappa shape index (κ1) is 49.6. The molecule has 0 atom stereocenters. The molecule has 0 radical (unpaired) electrons. The molecule has 4 nitrogen and oxygen atoms in total. The smallest absolute Gasteiger partial charge is 0.297 e. The lowest BCUT2D eigenvalue weighted by atomic mass is 9.35. The first-order valence-corrected chi connectivity index (χ1v) is 29.9. The van der Waals surface area contributed by atoms with E-state index in [1.54, 1.807) is 0 Å². The maximum absolute atomic E-state index is 7.81. The van der Waals surface area contributed by atoms with Gasteiger partial charge in [0.1, 0.15) is 5.76 Å².